The summed E-state index contributed by atoms with van der Waals surface area (Å²) in [7, 11) is 0. The van der Waals surface area contributed by atoms with E-state index in [9.17, 15) is 0 Å². The number of likely N-dealkylation sites (tertiary alicyclic amines) is 1. The molecule has 1 aromatic heterocycles. The van der Waals surface area contributed by atoms with Crippen molar-refractivity contribution >= 4 is 0 Å². The van der Waals surface area contributed by atoms with Crippen molar-refractivity contribution in [3.63, 3.8) is 0 Å². The van der Waals surface area contributed by atoms with Crippen LogP contribution in [0.25, 0.3) is 0 Å². The van der Waals surface area contributed by atoms with Gasteiger partial charge in [0.25, 0.3) is 0 Å². The average Bonchev–Trinajstić information content (AvgIpc) is 2.50. The monoisotopic (exact) mass is 195 g/mol. The predicted octanol–water partition coefficient (Wildman–Crippen LogP) is 0.00190. The van der Waals surface area contributed by atoms with Crippen LogP contribution in [0.4, 0.5) is 0 Å². The first-order valence-corrected chi connectivity index (χ1v) is 5.04. The number of hydrogen-bond acceptors (Lipinski definition) is 4. The van der Waals surface area contributed by atoms with Crippen LogP contribution in [0.15, 0.2) is 6.20 Å². The highest BCUT2D eigenvalue weighted by Gasteiger charge is 2.23. The third-order valence-electron chi connectivity index (χ3n) is 2.46. The SMILES string of the molecule is CC(C)n1cc(CN2CC(N)C2)nn1. The van der Waals surface area contributed by atoms with E-state index in [4.69, 9.17) is 5.73 Å². The maximum Gasteiger partial charge on any atom is 0.0967 e. The highest BCUT2D eigenvalue weighted by molar-refractivity contribution is 4.96. The topological polar surface area (TPSA) is 60.0 Å². The van der Waals surface area contributed by atoms with E-state index in [1.807, 2.05) is 10.9 Å². The second-order valence-electron chi connectivity index (χ2n) is 4.24. The van der Waals surface area contributed by atoms with E-state index in [0.29, 0.717) is 12.1 Å². The molecule has 0 atom stereocenters. The normalized spacial score (nSPS) is 18.9. The van der Waals surface area contributed by atoms with Crippen molar-refractivity contribution in [3.05, 3.63) is 11.9 Å². The molecule has 0 amide bonds. The lowest BCUT2D eigenvalue weighted by molar-refractivity contribution is 0.140. The molecule has 2 heterocycles. The molecule has 5 nitrogen and oxygen atoms in total. The quantitative estimate of drug-likeness (QED) is 0.737. The fourth-order valence-electron chi connectivity index (χ4n) is 1.61. The summed E-state index contributed by atoms with van der Waals surface area (Å²) in [6, 6.07) is 0.741. The van der Waals surface area contributed by atoms with Gasteiger partial charge in [0, 0.05) is 31.7 Å². The van der Waals surface area contributed by atoms with Gasteiger partial charge >= 0.3 is 0 Å². The van der Waals surface area contributed by atoms with Crippen LogP contribution in [0.5, 0.6) is 0 Å². The van der Waals surface area contributed by atoms with E-state index >= 15 is 0 Å². The first kappa shape index (κ1) is 9.61. The Hall–Kier alpha value is -0.940. The van der Waals surface area contributed by atoms with Gasteiger partial charge in [-0.3, -0.25) is 4.90 Å². The van der Waals surface area contributed by atoms with Gasteiger partial charge in [-0.2, -0.15) is 0 Å². The first-order chi connectivity index (χ1) is 6.65. The van der Waals surface area contributed by atoms with E-state index in [2.05, 4.69) is 29.1 Å². The number of nitrogens with two attached hydrogens (primary N) is 1. The second kappa shape index (κ2) is 3.67. The zero-order chi connectivity index (χ0) is 10.1. The number of nitrogens with zero attached hydrogens (tertiary/aromatic N) is 4. The average molecular weight is 195 g/mol. The fourth-order valence-corrected chi connectivity index (χ4v) is 1.61. The van der Waals surface area contributed by atoms with Crippen LogP contribution in [0.2, 0.25) is 0 Å². The summed E-state index contributed by atoms with van der Waals surface area (Å²) in [6.45, 7) is 7.03. The summed E-state index contributed by atoms with van der Waals surface area (Å²) in [5.74, 6) is 0. The van der Waals surface area contributed by atoms with E-state index < -0.39 is 0 Å². The van der Waals surface area contributed by atoms with Gasteiger partial charge in [-0.25, -0.2) is 4.68 Å². The van der Waals surface area contributed by atoms with Crippen LogP contribution in [-0.2, 0) is 6.54 Å². The number of rotatable bonds is 3. The van der Waals surface area contributed by atoms with Crippen molar-refractivity contribution in [2.75, 3.05) is 13.1 Å². The van der Waals surface area contributed by atoms with Crippen LogP contribution in [0, 0.1) is 0 Å². The first-order valence-electron chi connectivity index (χ1n) is 5.04. The van der Waals surface area contributed by atoms with E-state index in [-0.39, 0.29) is 0 Å². The lowest BCUT2D eigenvalue weighted by Crippen LogP contribution is -2.54. The molecule has 1 aromatic rings. The van der Waals surface area contributed by atoms with Crippen LogP contribution >= 0.6 is 0 Å². The van der Waals surface area contributed by atoms with Gasteiger partial charge in [-0.05, 0) is 13.8 Å². The maximum atomic E-state index is 5.69. The standard InChI is InChI=1S/C9H17N5/c1-7(2)14-6-9(11-12-14)5-13-3-8(10)4-13/h6-8H,3-5,10H2,1-2H3. The molecule has 0 aliphatic carbocycles. The molecule has 0 radical (unpaired) electrons. The summed E-state index contributed by atoms with van der Waals surface area (Å²) in [6.07, 6.45) is 2.01. The summed E-state index contributed by atoms with van der Waals surface area (Å²) >= 11 is 0. The molecule has 2 rings (SSSR count). The molecule has 1 saturated heterocycles. The Bertz CT molecular complexity index is 300. The third kappa shape index (κ3) is 1.93. The Labute approximate surface area is 83.9 Å². The van der Waals surface area contributed by atoms with E-state index in [0.717, 1.165) is 25.3 Å². The molecule has 0 saturated carbocycles. The van der Waals surface area contributed by atoms with E-state index in [1.54, 1.807) is 0 Å². The van der Waals surface area contributed by atoms with Crippen LogP contribution < -0.4 is 5.73 Å². The molecule has 14 heavy (non-hydrogen) atoms. The minimum absolute atomic E-state index is 0.357. The fraction of sp³-hybridized carbons (Fsp3) is 0.778. The highest BCUT2D eigenvalue weighted by Crippen LogP contribution is 2.10. The maximum absolute atomic E-state index is 5.69. The van der Waals surface area contributed by atoms with Gasteiger partial charge in [0.05, 0.1) is 11.9 Å². The van der Waals surface area contributed by atoms with E-state index in [1.165, 1.54) is 0 Å². The van der Waals surface area contributed by atoms with Crippen LogP contribution in [0.3, 0.4) is 0 Å². The van der Waals surface area contributed by atoms with Gasteiger partial charge < -0.3 is 5.73 Å². The smallest absolute Gasteiger partial charge is 0.0967 e. The van der Waals surface area contributed by atoms with Crippen molar-refractivity contribution < 1.29 is 0 Å². The zero-order valence-electron chi connectivity index (χ0n) is 8.72. The van der Waals surface area contributed by atoms with Gasteiger partial charge in [0.2, 0.25) is 0 Å². The number of aromatic nitrogens is 3. The number of hydrogen-bond donors (Lipinski definition) is 1. The van der Waals surface area contributed by atoms with Crippen LogP contribution in [-0.4, -0.2) is 39.0 Å². The highest BCUT2D eigenvalue weighted by atomic mass is 15.4. The lowest BCUT2D eigenvalue weighted by Gasteiger charge is -2.36. The van der Waals surface area contributed by atoms with Gasteiger partial charge in [-0.1, -0.05) is 5.21 Å². The van der Waals surface area contributed by atoms with Gasteiger partial charge in [0.1, 0.15) is 0 Å². The van der Waals surface area contributed by atoms with Crippen molar-refractivity contribution in [2.45, 2.75) is 32.5 Å². The summed E-state index contributed by atoms with van der Waals surface area (Å²) in [5, 5.41) is 8.17. The van der Waals surface area contributed by atoms with Crippen molar-refractivity contribution in [3.8, 4) is 0 Å². The Morgan fingerprint density at radius 3 is 2.79 bits per heavy atom. The minimum Gasteiger partial charge on any atom is -0.325 e. The van der Waals surface area contributed by atoms with Gasteiger partial charge in [-0.15, -0.1) is 5.10 Å². The largest absolute Gasteiger partial charge is 0.325 e. The molecule has 0 spiro atoms. The molecule has 0 bridgehead atoms. The molecule has 1 fully saturated rings. The second-order valence-corrected chi connectivity index (χ2v) is 4.24. The molecule has 0 unspecified atom stereocenters. The van der Waals surface area contributed by atoms with Crippen LogP contribution in [0.1, 0.15) is 25.6 Å². The Kier molecular flexibility index (Phi) is 2.52. The lowest BCUT2D eigenvalue weighted by atomic mass is 10.1. The molecule has 2 N–H and O–H groups in total. The summed E-state index contributed by atoms with van der Waals surface area (Å²) in [4.78, 5) is 2.28. The summed E-state index contributed by atoms with van der Waals surface area (Å²) in [5.41, 5.74) is 6.73. The molecule has 0 aromatic carbocycles. The zero-order valence-corrected chi connectivity index (χ0v) is 8.72. The molecular formula is C9H17N5. The Balaban J connectivity index is 1.90. The molecular weight excluding hydrogens is 178 g/mol. The molecule has 1 aliphatic rings. The van der Waals surface area contributed by atoms with Crippen molar-refractivity contribution in [1.82, 2.24) is 19.9 Å². The molecule has 1 aliphatic heterocycles. The summed E-state index contributed by atoms with van der Waals surface area (Å²) < 4.78 is 1.88. The Morgan fingerprint density at radius 1 is 1.57 bits per heavy atom. The molecule has 78 valence electrons. The third-order valence-corrected chi connectivity index (χ3v) is 2.46. The minimum atomic E-state index is 0.357. The van der Waals surface area contributed by atoms with Gasteiger partial charge in [0.15, 0.2) is 0 Å². The Morgan fingerprint density at radius 2 is 2.29 bits per heavy atom. The van der Waals surface area contributed by atoms with Crippen molar-refractivity contribution in [1.29, 1.82) is 0 Å². The predicted molar refractivity (Wildman–Crippen MR) is 53.7 cm³/mol. The molecule has 5 heteroatoms. The van der Waals surface area contributed by atoms with Crippen molar-refractivity contribution in [2.24, 2.45) is 5.73 Å².